The molecule has 104 valence electrons. The second-order valence-corrected chi connectivity index (χ2v) is 6.46. The molecule has 2 bridgehead atoms. The van der Waals surface area contributed by atoms with Crippen molar-refractivity contribution in [1.82, 2.24) is 5.32 Å². The van der Waals surface area contributed by atoms with Gasteiger partial charge in [-0.1, -0.05) is 0 Å². The van der Waals surface area contributed by atoms with Gasteiger partial charge in [0.05, 0.1) is 12.2 Å². The molecule has 1 heterocycles. The fraction of sp³-hybridized carbons (Fsp3) is 0.923. The quantitative estimate of drug-likeness (QED) is 0.799. The molecule has 2 aliphatic rings. The van der Waals surface area contributed by atoms with Gasteiger partial charge in [-0.15, -0.1) is 0 Å². The standard InChI is InChI=1S/C13H23NO4/c1-12(2,3)18-11(16)14-8-13-4-9(6-15)10(5-13)7-17-13/h9-10,15H,4-8H2,1-3H3,(H,14,16)/t9-,10-,13-/m1/s1. The number of fused-ring (bicyclic) bond motifs is 2. The van der Waals surface area contributed by atoms with Gasteiger partial charge in [0.1, 0.15) is 5.60 Å². The number of amides is 1. The number of carbonyl (C=O) groups excluding carboxylic acids is 1. The minimum Gasteiger partial charge on any atom is -0.444 e. The maximum absolute atomic E-state index is 11.6. The third-order valence-electron chi connectivity index (χ3n) is 3.73. The van der Waals surface area contributed by atoms with E-state index in [-0.39, 0.29) is 12.2 Å². The van der Waals surface area contributed by atoms with Crippen LogP contribution in [-0.4, -0.2) is 42.2 Å². The molecule has 0 aromatic carbocycles. The molecule has 1 aliphatic heterocycles. The molecule has 5 heteroatoms. The zero-order valence-electron chi connectivity index (χ0n) is 11.4. The Morgan fingerprint density at radius 3 is 2.78 bits per heavy atom. The second-order valence-electron chi connectivity index (χ2n) is 6.46. The largest absolute Gasteiger partial charge is 0.444 e. The summed E-state index contributed by atoms with van der Waals surface area (Å²) in [6.45, 7) is 6.89. The van der Waals surface area contributed by atoms with Gasteiger partial charge in [0.25, 0.3) is 0 Å². The molecule has 2 fully saturated rings. The second kappa shape index (κ2) is 4.70. The summed E-state index contributed by atoms with van der Waals surface area (Å²) in [7, 11) is 0. The smallest absolute Gasteiger partial charge is 0.407 e. The van der Waals surface area contributed by atoms with Crippen molar-refractivity contribution in [1.29, 1.82) is 0 Å². The Hall–Kier alpha value is -0.810. The summed E-state index contributed by atoms with van der Waals surface area (Å²) in [5, 5.41) is 12.0. The summed E-state index contributed by atoms with van der Waals surface area (Å²) in [4.78, 5) is 11.6. The van der Waals surface area contributed by atoms with E-state index in [1.54, 1.807) is 0 Å². The van der Waals surface area contributed by atoms with Gasteiger partial charge in [0, 0.05) is 13.2 Å². The Kier molecular flexibility index (Phi) is 3.56. The van der Waals surface area contributed by atoms with E-state index in [1.165, 1.54) is 0 Å². The highest BCUT2D eigenvalue weighted by molar-refractivity contribution is 5.67. The lowest BCUT2D eigenvalue weighted by molar-refractivity contribution is -0.0416. The van der Waals surface area contributed by atoms with Crippen molar-refractivity contribution in [3.63, 3.8) is 0 Å². The maximum Gasteiger partial charge on any atom is 0.407 e. The Labute approximate surface area is 108 Å². The van der Waals surface area contributed by atoms with E-state index in [0.717, 1.165) is 12.8 Å². The average molecular weight is 257 g/mol. The highest BCUT2D eigenvalue weighted by Gasteiger charge is 2.51. The average Bonchev–Trinajstić information content (AvgIpc) is 2.82. The van der Waals surface area contributed by atoms with E-state index < -0.39 is 11.7 Å². The van der Waals surface area contributed by atoms with Crippen molar-refractivity contribution in [3.8, 4) is 0 Å². The van der Waals surface area contributed by atoms with E-state index in [0.29, 0.717) is 25.0 Å². The van der Waals surface area contributed by atoms with Crippen molar-refractivity contribution >= 4 is 6.09 Å². The highest BCUT2D eigenvalue weighted by atomic mass is 16.6. The molecule has 0 aromatic heterocycles. The van der Waals surface area contributed by atoms with Gasteiger partial charge < -0.3 is 19.9 Å². The van der Waals surface area contributed by atoms with E-state index in [2.05, 4.69) is 5.32 Å². The highest BCUT2D eigenvalue weighted by Crippen LogP contribution is 2.47. The third-order valence-corrected chi connectivity index (χ3v) is 3.73. The number of carbonyl (C=O) groups is 1. The summed E-state index contributed by atoms with van der Waals surface area (Å²) in [6, 6.07) is 0. The number of ether oxygens (including phenoxy) is 2. The van der Waals surface area contributed by atoms with Crippen molar-refractivity contribution in [2.24, 2.45) is 11.8 Å². The molecular weight excluding hydrogens is 234 g/mol. The Morgan fingerprint density at radius 1 is 1.50 bits per heavy atom. The number of aliphatic hydroxyl groups is 1. The molecule has 1 saturated heterocycles. The Bertz CT molecular complexity index is 325. The van der Waals surface area contributed by atoms with Crippen LogP contribution >= 0.6 is 0 Å². The Morgan fingerprint density at radius 2 is 2.22 bits per heavy atom. The first-order chi connectivity index (χ1) is 8.34. The zero-order chi connectivity index (χ0) is 13.4. The van der Waals surface area contributed by atoms with E-state index in [1.807, 2.05) is 20.8 Å². The van der Waals surface area contributed by atoms with Crippen LogP contribution in [0.25, 0.3) is 0 Å². The first-order valence-electron chi connectivity index (χ1n) is 6.55. The number of rotatable bonds is 3. The molecule has 0 radical (unpaired) electrons. The van der Waals surface area contributed by atoms with Gasteiger partial charge in [0.2, 0.25) is 0 Å². The van der Waals surface area contributed by atoms with Crippen LogP contribution in [0.2, 0.25) is 0 Å². The number of aliphatic hydroxyl groups excluding tert-OH is 1. The third kappa shape index (κ3) is 2.95. The van der Waals surface area contributed by atoms with E-state index in [9.17, 15) is 9.90 Å². The lowest BCUT2D eigenvalue weighted by Crippen LogP contribution is -2.44. The predicted molar refractivity (Wildman–Crippen MR) is 66.2 cm³/mol. The van der Waals surface area contributed by atoms with Crippen LogP contribution in [-0.2, 0) is 9.47 Å². The van der Waals surface area contributed by atoms with E-state index in [4.69, 9.17) is 9.47 Å². The predicted octanol–water partition coefficient (Wildman–Crippen LogP) is 1.30. The first-order valence-corrected chi connectivity index (χ1v) is 6.55. The fourth-order valence-corrected chi connectivity index (χ4v) is 2.93. The zero-order valence-corrected chi connectivity index (χ0v) is 11.4. The minimum absolute atomic E-state index is 0.211. The Balaban J connectivity index is 1.82. The van der Waals surface area contributed by atoms with Crippen molar-refractivity contribution in [2.45, 2.75) is 44.8 Å². The number of alkyl carbamates (subject to hydrolysis) is 1. The van der Waals surface area contributed by atoms with Gasteiger partial charge in [-0.05, 0) is 45.4 Å². The van der Waals surface area contributed by atoms with Crippen LogP contribution in [0.4, 0.5) is 4.79 Å². The summed E-state index contributed by atoms with van der Waals surface area (Å²) < 4.78 is 11.0. The minimum atomic E-state index is -0.482. The molecule has 2 N–H and O–H groups in total. The summed E-state index contributed by atoms with van der Waals surface area (Å²) in [5.41, 5.74) is -0.765. The van der Waals surface area contributed by atoms with E-state index >= 15 is 0 Å². The molecule has 3 atom stereocenters. The van der Waals surface area contributed by atoms with Gasteiger partial charge in [-0.25, -0.2) is 4.79 Å². The van der Waals surface area contributed by atoms with Crippen molar-refractivity contribution < 1.29 is 19.4 Å². The molecule has 0 aromatic rings. The monoisotopic (exact) mass is 257 g/mol. The molecule has 1 aliphatic carbocycles. The topological polar surface area (TPSA) is 67.8 Å². The molecule has 0 unspecified atom stereocenters. The van der Waals surface area contributed by atoms with Crippen LogP contribution in [0.3, 0.4) is 0 Å². The fourth-order valence-electron chi connectivity index (χ4n) is 2.93. The van der Waals surface area contributed by atoms with Crippen LogP contribution in [0, 0.1) is 11.8 Å². The molecule has 1 saturated carbocycles. The molecule has 5 nitrogen and oxygen atoms in total. The summed E-state index contributed by atoms with van der Waals surface area (Å²) in [5.74, 6) is 0.759. The molecule has 18 heavy (non-hydrogen) atoms. The normalized spacial score (nSPS) is 34.7. The molecular formula is C13H23NO4. The lowest BCUT2D eigenvalue weighted by atomic mass is 9.96. The first kappa shape index (κ1) is 13.6. The van der Waals surface area contributed by atoms with Crippen LogP contribution in [0.5, 0.6) is 0 Å². The van der Waals surface area contributed by atoms with Crippen LogP contribution in [0.15, 0.2) is 0 Å². The lowest BCUT2D eigenvalue weighted by Gasteiger charge is -2.30. The van der Waals surface area contributed by atoms with Gasteiger partial charge >= 0.3 is 6.09 Å². The maximum atomic E-state index is 11.6. The van der Waals surface area contributed by atoms with Crippen molar-refractivity contribution in [3.05, 3.63) is 0 Å². The number of hydrogen-bond donors (Lipinski definition) is 2. The van der Waals surface area contributed by atoms with Gasteiger partial charge in [-0.2, -0.15) is 0 Å². The number of nitrogens with one attached hydrogen (secondary N) is 1. The molecule has 0 spiro atoms. The summed E-state index contributed by atoms with van der Waals surface area (Å²) >= 11 is 0. The van der Waals surface area contributed by atoms with Crippen LogP contribution in [0.1, 0.15) is 33.6 Å². The van der Waals surface area contributed by atoms with Gasteiger partial charge in [-0.3, -0.25) is 0 Å². The number of hydrogen-bond acceptors (Lipinski definition) is 4. The SMILES string of the molecule is CC(C)(C)OC(=O)NC[C@]12C[C@H](CO)[C@@H](CO1)C2. The van der Waals surface area contributed by atoms with Crippen LogP contribution < -0.4 is 5.32 Å². The molecule has 2 rings (SSSR count). The molecule has 1 amide bonds. The van der Waals surface area contributed by atoms with Gasteiger partial charge in [0.15, 0.2) is 0 Å². The van der Waals surface area contributed by atoms with Crippen molar-refractivity contribution in [2.75, 3.05) is 19.8 Å². The summed E-state index contributed by atoms with van der Waals surface area (Å²) in [6.07, 6.45) is 1.34.